The van der Waals surface area contributed by atoms with Gasteiger partial charge in [-0.05, 0) is 25.1 Å². The van der Waals surface area contributed by atoms with Crippen molar-refractivity contribution in [2.75, 3.05) is 13.2 Å². The molecule has 2 aromatic rings. The summed E-state index contributed by atoms with van der Waals surface area (Å²) in [5.74, 6) is 2.78. The smallest absolute Gasteiger partial charge is 0.138 e. The molecule has 1 N–H and O–H groups in total. The van der Waals surface area contributed by atoms with E-state index in [0.29, 0.717) is 19.0 Å². The van der Waals surface area contributed by atoms with Crippen molar-refractivity contribution in [2.45, 2.75) is 18.9 Å². The summed E-state index contributed by atoms with van der Waals surface area (Å²) in [6.45, 7) is 3.16. The molecule has 4 rings (SSSR count). The first-order chi connectivity index (χ1) is 10.3. The van der Waals surface area contributed by atoms with Gasteiger partial charge in [0.15, 0.2) is 0 Å². The van der Waals surface area contributed by atoms with Gasteiger partial charge in [0.25, 0.3) is 0 Å². The summed E-state index contributed by atoms with van der Waals surface area (Å²) in [4.78, 5) is 0. The number of rotatable bonds is 2. The van der Waals surface area contributed by atoms with Gasteiger partial charge in [0.05, 0.1) is 19.1 Å². The van der Waals surface area contributed by atoms with Gasteiger partial charge in [-0.3, -0.25) is 0 Å². The van der Waals surface area contributed by atoms with E-state index in [-0.39, 0.29) is 17.8 Å². The van der Waals surface area contributed by atoms with Gasteiger partial charge >= 0.3 is 0 Å². The fraction of sp³-hybridized carbons (Fsp3) is 0.294. The summed E-state index contributed by atoms with van der Waals surface area (Å²) >= 11 is 0. The number of phenolic OH excluding ortho intramolecular Hbond substituents is 1. The van der Waals surface area contributed by atoms with E-state index in [1.165, 1.54) is 0 Å². The monoisotopic (exact) mass is 284 g/mol. The van der Waals surface area contributed by atoms with Crippen LogP contribution in [0.25, 0.3) is 0 Å². The molecule has 0 amide bonds. The van der Waals surface area contributed by atoms with E-state index in [2.05, 4.69) is 6.07 Å². The number of ether oxygens (including phenoxy) is 3. The minimum Gasteiger partial charge on any atom is -0.508 e. The van der Waals surface area contributed by atoms with E-state index in [1.54, 1.807) is 12.1 Å². The second-order valence-electron chi connectivity index (χ2n) is 5.31. The first-order valence-corrected chi connectivity index (χ1v) is 7.15. The zero-order chi connectivity index (χ0) is 14.4. The summed E-state index contributed by atoms with van der Waals surface area (Å²) in [6.07, 6.45) is -0.0544. The minimum atomic E-state index is -0.0544. The van der Waals surface area contributed by atoms with Crippen molar-refractivity contribution in [3.8, 4) is 23.0 Å². The molecule has 2 aliphatic heterocycles. The topological polar surface area (TPSA) is 47.9 Å². The molecule has 2 aromatic carbocycles. The van der Waals surface area contributed by atoms with Crippen molar-refractivity contribution in [3.05, 3.63) is 47.5 Å². The van der Waals surface area contributed by atoms with E-state index >= 15 is 0 Å². The molecular weight excluding hydrogens is 268 g/mol. The molecule has 108 valence electrons. The highest BCUT2D eigenvalue weighted by atomic mass is 16.5. The lowest BCUT2D eigenvalue weighted by molar-refractivity contribution is 0.139. The Labute approximate surface area is 122 Å². The van der Waals surface area contributed by atoms with Gasteiger partial charge in [0, 0.05) is 23.3 Å². The number of hydrogen-bond acceptors (Lipinski definition) is 4. The fourth-order valence-electron chi connectivity index (χ4n) is 3.08. The summed E-state index contributed by atoms with van der Waals surface area (Å²) in [5.41, 5.74) is 2.14. The highest BCUT2D eigenvalue weighted by Crippen LogP contribution is 2.52. The molecule has 0 fully saturated rings. The number of hydrogen-bond donors (Lipinski definition) is 1. The van der Waals surface area contributed by atoms with Gasteiger partial charge in [0.1, 0.15) is 29.1 Å². The lowest BCUT2D eigenvalue weighted by atomic mass is 9.89. The number of fused-ring (bicyclic) bond motifs is 5. The molecule has 0 saturated carbocycles. The van der Waals surface area contributed by atoms with E-state index in [9.17, 15) is 5.11 Å². The van der Waals surface area contributed by atoms with E-state index in [4.69, 9.17) is 14.2 Å². The largest absolute Gasteiger partial charge is 0.508 e. The SMILES string of the molecule is CCOc1ccc2c(c1)OC1c3ccc(O)cc3OCC21. The van der Waals surface area contributed by atoms with Crippen molar-refractivity contribution >= 4 is 0 Å². The molecule has 4 nitrogen and oxygen atoms in total. The Balaban J connectivity index is 1.72. The highest BCUT2D eigenvalue weighted by molar-refractivity contribution is 5.52. The number of phenols is 1. The molecule has 0 radical (unpaired) electrons. The zero-order valence-electron chi connectivity index (χ0n) is 11.7. The standard InChI is InChI=1S/C17H16O4/c1-2-19-11-4-6-12-14-9-20-15-7-10(18)3-5-13(15)17(14)21-16(12)8-11/h3-8,14,17-18H,2,9H2,1H3. The van der Waals surface area contributed by atoms with Crippen LogP contribution in [0.2, 0.25) is 0 Å². The van der Waals surface area contributed by atoms with Crippen LogP contribution in [-0.2, 0) is 0 Å². The third-order valence-corrected chi connectivity index (χ3v) is 4.04. The molecule has 0 spiro atoms. The summed E-state index contributed by atoms with van der Waals surface area (Å²) < 4.78 is 17.4. The minimum absolute atomic E-state index is 0.0544. The maximum Gasteiger partial charge on any atom is 0.138 e. The van der Waals surface area contributed by atoms with Gasteiger partial charge < -0.3 is 19.3 Å². The van der Waals surface area contributed by atoms with Crippen LogP contribution in [-0.4, -0.2) is 18.3 Å². The van der Waals surface area contributed by atoms with Crippen LogP contribution in [0.5, 0.6) is 23.0 Å². The number of aromatic hydroxyl groups is 1. The van der Waals surface area contributed by atoms with Crippen LogP contribution in [0.4, 0.5) is 0 Å². The van der Waals surface area contributed by atoms with E-state index in [0.717, 1.165) is 22.6 Å². The predicted octanol–water partition coefficient (Wildman–Crippen LogP) is 3.40. The Bertz CT molecular complexity index is 695. The zero-order valence-corrected chi connectivity index (χ0v) is 11.7. The highest BCUT2D eigenvalue weighted by Gasteiger charge is 2.40. The first-order valence-electron chi connectivity index (χ1n) is 7.15. The van der Waals surface area contributed by atoms with Crippen LogP contribution < -0.4 is 14.2 Å². The lowest BCUT2D eigenvalue weighted by Crippen LogP contribution is -2.22. The quantitative estimate of drug-likeness (QED) is 0.918. The van der Waals surface area contributed by atoms with Crippen molar-refractivity contribution in [2.24, 2.45) is 0 Å². The molecule has 0 saturated heterocycles. The number of benzene rings is 2. The Kier molecular flexibility index (Phi) is 2.70. The van der Waals surface area contributed by atoms with Crippen LogP contribution in [0.3, 0.4) is 0 Å². The molecule has 4 heteroatoms. The van der Waals surface area contributed by atoms with Crippen LogP contribution in [0.15, 0.2) is 36.4 Å². The molecule has 2 atom stereocenters. The molecular formula is C17H16O4. The van der Waals surface area contributed by atoms with Gasteiger partial charge in [-0.25, -0.2) is 0 Å². The van der Waals surface area contributed by atoms with E-state index in [1.807, 2.05) is 25.1 Å². The van der Waals surface area contributed by atoms with Gasteiger partial charge in [-0.2, -0.15) is 0 Å². The van der Waals surface area contributed by atoms with Crippen molar-refractivity contribution in [1.29, 1.82) is 0 Å². The lowest BCUT2D eigenvalue weighted by Gasteiger charge is -2.27. The third kappa shape index (κ3) is 1.90. The third-order valence-electron chi connectivity index (χ3n) is 4.04. The van der Waals surface area contributed by atoms with Crippen LogP contribution in [0, 0.1) is 0 Å². The maximum absolute atomic E-state index is 9.56. The summed E-state index contributed by atoms with van der Waals surface area (Å²) in [5, 5.41) is 9.56. The molecule has 2 unspecified atom stereocenters. The van der Waals surface area contributed by atoms with Crippen molar-refractivity contribution in [1.82, 2.24) is 0 Å². The molecule has 0 bridgehead atoms. The summed E-state index contributed by atoms with van der Waals surface area (Å²) in [7, 11) is 0. The second-order valence-corrected chi connectivity index (χ2v) is 5.31. The van der Waals surface area contributed by atoms with Crippen LogP contribution in [0.1, 0.15) is 30.1 Å². The summed E-state index contributed by atoms with van der Waals surface area (Å²) in [6, 6.07) is 11.2. The molecule has 21 heavy (non-hydrogen) atoms. The Morgan fingerprint density at radius 1 is 1.14 bits per heavy atom. The maximum atomic E-state index is 9.56. The molecule has 2 aliphatic rings. The van der Waals surface area contributed by atoms with Crippen molar-refractivity contribution in [3.63, 3.8) is 0 Å². The molecule has 0 aromatic heterocycles. The normalized spacial score (nSPS) is 21.6. The average molecular weight is 284 g/mol. The Morgan fingerprint density at radius 3 is 2.86 bits per heavy atom. The molecule has 0 aliphatic carbocycles. The average Bonchev–Trinajstić information content (AvgIpc) is 2.85. The van der Waals surface area contributed by atoms with E-state index < -0.39 is 0 Å². The first kappa shape index (κ1) is 12.4. The Hall–Kier alpha value is -2.36. The second kappa shape index (κ2) is 4.58. The van der Waals surface area contributed by atoms with Gasteiger partial charge in [-0.15, -0.1) is 0 Å². The van der Waals surface area contributed by atoms with Crippen molar-refractivity contribution < 1.29 is 19.3 Å². The Morgan fingerprint density at radius 2 is 2.00 bits per heavy atom. The molecule has 2 heterocycles. The van der Waals surface area contributed by atoms with Gasteiger partial charge in [0.2, 0.25) is 0 Å². The van der Waals surface area contributed by atoms with Crippen LogP contribution >= 0.6 is 0 Å². The van der Waals surface area contributed by atoms with Gasteiger partial charge in [-0.1, -0.05) is 6.07 Å². The predicted molar refractivity (Wildman–Crippen MR) is 77.3 cm³/mol. The fourth-order valence-corrected chi connectivity index (χ4v) is 3.08.